The lowest BCUT2D eigenvalue weighted by Crippen LogP contribution is -2.14. The summed E-state index contributed by atoms with van der Waals surface area (Å²) in [5, 5.41) is 2.75. The molecule has 0 saturated carbocycles. The molecule has 0 aliphatic rings. The van der Waals surface area contributed by atoms with Crippen molar-refractivity contribution < 1.29 is 4.79 Å². The van der Waals surface area contributed by atoms with Crippen LogP contribution in [0.2, 0.25) is 0 Å². The van der Waals surface area contributed by atoms with Crippen LogP contribution in [0.3, 0.4) is 0 Å². The number of carbonyl (C=O) groups excluding carboxylic acids is 1. The first kappa shape index (κ1) is 11.4. The maximum absolute atomic E-state index is 11.4. The van der Waals surface area contributed by atoms with E-state index in [0.29, 0.717) is 18.2 Å². The molecule has 0 fully saturated rings. The fourth-order valence-corrected chi connectivity index (χ4v) is 1.33. The third-order valence-electron chi connectivity index (χ3n) is 1.59. The van der Waals surface area contributed by atoms with Gasteiger partial charge >= 0.3 is 0 Å². The van der Waals surface area contributed by atoms with Crippen LogP contribution in [-0.2, 0) is 4.79 Å². The molecule has 0 radical (unpaired) electrons. The topological polar surface area (TPSA) is 42.0 Å². The third-order valence-corrected chi connectivity index (χ3v) is 2.23. The molecule has 0 aliphatic heterocycles. The Bertz CT molecular complexity index is 308. The highest BCUT2D eigenvalue weighted by molar-refractivity contribution is 14.1. The van der Waals surface area contributed by atoms with E-state index in [1.165, 1.54) is 0 Å². The van der Waals surface area contributed by atoms with Gasteiger partial charge in [-0.3, -0.25) is 4.79 Å². The van der Waals surface area contributed by atoms with Crippen LogP contribution in [0.15, 0.2) is 18.3 Å². The van der Waals surface area contributed by atoms with Crippen molar-refractivity contribution in [3.8, 4) is 0 Å². The second-order valence-electron chi connectivity index (χ2n) is 3.51. The maximum atomic E-state index is 11.4. The number of hydrogen-bond acceptors (Lipinski definition) is 2. The average molecular weight is 304 g/mol. The van der Waals surface area contributed by atoms with E-state index in [4.69, 9.17) is 0 Å². The van der Waals surface area contributed by atoms with E-state index >= 15 is 0 Å². The van der Waals surface area contributed by atoms with Crippen molar-refractivity contribution >= 4 is 34.3 Å². The first-order valence-electron chi connectivity index (χ1n) is 4.49. The van der Waals surface area contributed by atoms with Gasteiger partial charge < -0.3 is 5.32 Å². The lowest BCUT2D eigenvalue weighted by molar-refractivity contribution is -0.116. The van der Waals surface area contributed by atoms with Crippen LogP contribution in [-0.4, -0.2) is 10.9 Å². The third kappa shape index (κ3) is 4.04. The summed E-state index contributed by atoms with van der Waals surface area (Å²) < 4.78 is 1.06. The van der Waals surface area contributed by atoms with Crippen molar-refractivity contribution in [3.63, 3.8) is 0 Å². The quantitative estimate of drug-likeness (QED) is 0.872. The molecule has 4 heteroatoms. The van der Waals surface area contributed by atoms with Gasteiger partial charge in [0.15, 0.2) is 0 Å². The molecule has 0 aromatic carbocycles. The monoisotopic (exact) mass is 304 g/mol. The van der Waals surface area contributed by atoms with Crippen molar-refractivity contribution in [1.29, 1.82) is 0 Å². The molecular formula is C10H13IN2O. The number of pyridine rings is 1. The van der Waals surface area contributed by atoms with E-state index in [1.54, 1.807) is 12.3 Å². The van der Waals surface area contributed by atoms with Gasteiger partial charge in [0, 0.05) is 16.2 Å². The Hall–Kier alpha value is -0.650. The lowest BCUT2D eigenvalue weighted by Gasteiger charge is -2.05. The second-order valence-corrected chi connectivity index (χ2v) is 4.75. The number of anilines is 1. The van der Waals surface area contributed by atoms with Gasteiger partial charge in [0.2, 0.25) is 5.91 Å². The molecule has 1 heterocycles. The van der Waals surface area contributed by atoms with Crippen molar-refractivity contribution in [1.82, 2.24) is 4.98 Å². The smallest absolute Gasteiger partial charge is 0.225 e. The Morgan fingerprint density at radius 2 is 2.29 bits per heavy atom. The summed E-state index contributed by atoms with van der Waals surface area (Å²) in [5.74, 6) is 1.02. The molecule has 0 saturated heterocycles. The zero-order chi connectivity index (χ0) is 10.6. The Morgan fingerprint density at radius 1 is 1.57 bits per heavy atom. The summed E-state index contributed by atoms with van der Waals surface area (Å²) in [6, 6.07) is 3.72. The van der Waals surface area contributed by atoms with Gasteiger partial charge in [-0.05, 0) is 40.6 Å². The molecule has 0 spiro atoms. The number of nitrogens with one attached hydrogen (secondary N) is 1. The van der Waals surface area contributed by atoms with Crippen LogP contribution in [0.4, 0.5) is 5.82 Å². The number of rotatable bonds is 3. The van der Waals surface area contributed by atoms with Crippen molar-refractivity contribution in [2.75, 3.05) is 5.32 Å². The van der Waals surface area contributed by atoms with Crippen molar-refractivity contribution in [3.05, 3.63) is 21.9 Å². The minimum Gasteiger partial charge on any atom is -0.311 e. The number of nitrogens with zero attached hydrogens (tertiary/aromatic N) is 1. The Balaban J connectivity index is 2.52. The molecule has 14 heavy (non-hydrogen) atoms. The van der Waals surface area contributed by atoms with E-state index in [1.807, 2.05) is 19.9 Å². The van der Waals surface area contributed by atoms with E-state index in [0.717, 1.165) is 3.57 Å². The summed E-state index contributed by atoms with van der Waals surface area (Å²) in [7, 11) is 0. The van der Waals surface area contributed by atoms with Gasteiger partial charge in [-0.2, -0.15) is 0 Å². The molecular weight excluding hydrogens is 291 g/mol. The molecule has 1 N–H and O–H groups in total. The summed E-state index contributed by atoms with van der Waals surface area (Å²) in [6.07, 6.45) is 2.26. The SMILES string of the molecule is CC(C)CC(=O)Nc1ccc(I)cn1. The zero-order valence-electron chi connectivity index (χ0n) is 8.25. The predicted octanol–water partition coefficient (Wildman–Crippen LogP) is 2.67. The number of hydrogen-bond donors (Lipinski definition) is 1. The standard InChI is InChI=1S/C10H13IN2O/c1-7(2)5-10(14)13-9-4-3-8(11)6-12-9/h3-4,6-7H,5H2,1-2H3,(H,12,13,14). The summed E-state index contributed by atoms with van der Waals surface area (Å²) >= 11 is 2.17. The zero-order valence-corrected chi connectivity index (χ0v) is 10.4. The summed E-state index contributed by atoms with van der Waals surface area (Å²) in [5.41, 5.74) is 0. The average Bonchev–Trinajstić information content (AvgIpc) is 2.07. The van der Waals surface area contributed by atoms with Crippen LogP contribution in [0.5, 0.6) is 0 Å². The molecule has 0 bridgehead atoms. The molecule has 3 nitrogen and oxygen atoms in total. The van der Waals surface area contributed by atoms with Crippen LogP contribution in [0.1, 0.15) is 20.3 Å². The van der Waals surface area contributed by atoms with Crippen LogP contribution < -0.4 is 5.32 Å². The first-order valence-corrected chi connectivity index (χ1v) is 5.57. The molecule has 76 valence electrons. The fraction of sp³-hybridized carbons (Fsp3) is 0.400. The Kier molecular flexibility index (Phi) is 4.31. The van der Waals surface area contributed by atoms with E-state index in [9.17, 15) is 4.79 Å². The van der Waals surface area contributed by atoms with Crippen LogP contribution in [0.25, 0.3) is 0 Å². The van der Waals surface area contributed by atoms with Crippen LogP contribution >= 0.6 is 22.6 Å². The lowest BCUT2D eigenvalue weighted by atomic mass is 10.1. The molecule has 0 unspecified atom stereocenters. The predicted molar refractivity (Wildman–Crippen MR) is 65.0 cm³/mol. The minimum atomic E-state index is 0.0220. The van der Waals surface area contributed by atoms with Gasteiger partial charge in [0.05, 0.1) is 0 Å². The summed E-state index contributed by atoms with van der Waals surface area (Å²) in [6.45, 7) is 4.03. The number of halogens is 1. The van der Waals surface area contributed by atoms with E-state index in [2.05, 4.69) is 32.9 Å². The van der Waals surface area contributed by atoms with Gasteiger partial charge in [-0.25, -0.2) is 4.98 Å². The largest absolute Gasteiger partial charge is 0.311 e. The molecule has 0 atom stereocenters. The van der Waals surface area contributed by atoms with E-state index < -0.39 is 0 Å². The first-order chi connectivity index (χ1) is 6.58. The van der Waals surface area contributed by atoms with Gasteiger partial charge in [0.25, 0.3) is 0 Å². The second kappa shape index (κ2) is 5.29. The highest BCUT2D eigenvalue weighted by Gasteiger charge is 2.05. The number of aromatic nitrogens is 1. The number of carbonyl (C=O) groups is 1. The minimum absolute atomic E-state index is 0.0220. The van der Waals surface area contributed by atoms with Crippen molar-refractivity contribution in [2.45, 2.75) is 20.3 Å². The van der Waals surface area contributed by atoms with Crippen molar-refractivity contribution in [2.24, 2.45) is 5.92 Å². The molecule has 1 aromatic rings. The molecule has 0 aliphatic carbocycles. The fourth-order valence-electron chi connectivity index (χ4n) is 1.01. The molecule has 1 rings (SSSR count). The Labute approximate surface area is 97.4 Å². The van der Waals surface area contributed by atoms with E-state index in [-0.39, 0.29) is 5.91 Å². The summed E-state index contributed by atoms with van der Waals surface area (Å²) in [4.78, 5) is 15.4. The number of amides is 1. The highest BCUT2D eigenvalue weighted by Crippen LogP contribution is 2.08. The van der Waals surface area contributed by atoms with Gasteiger partial charge in [-0.1, -0.05) is 13.8 Å². The Morgan fingerprint density at radius 3 is 2.79 bits per heavy atom. The van der Waals surface area contributed by atoms with Crippen LogP contribution in [0, 0.1) is 9.49 Å². The normalized spacial score (nSPS) is 10.3. The highest BCUT2D eigenvalue weighted by atomic mass is 127. The van der Waals surface area contributed by atoms with Gasteiger partial charge in [0.1, 0.15) is 5.82 Å². The maximum Gasteiger partial charge on any atom is 0.225 e. The molecule has 1 aromatic heterocycles. The molecule has 1 amide bonds. The van der Waals surface area contributed by atoms with Gasteiger partial charge in [-0.15, -0.1) is 0 Å².